The maximum absolute atomic E-state index is 10.8. The predicted molar refractivity (Wildman–Crippen MR) is 67.3 cm³/mol. The fourth-order valence-electron chi connectivity index (χ4n) is 1.97. The summed E-state index contributed by atoms with van der Waals surface area (Å²) in [5.74, 6) is 0. The van der Waals surface area contributed by atoms with Gasteiger partial charge >= 0.3 is 0 Å². The molecule has 2 nitrogen and oxygen atoms in total. The monoisotopic (exact) mass is 233 g/mol. The summed E-state index contributed by atoms with van der Waals surface area (Å²) in [4.78, 5) is 10.8. The number of hydrogen-bond donors (Lipinski definition) is 0. The van der Waals surface area contributed by atoms with Crippen LogP contribution in [0, 0.1) is 13.8 Å². The Kier molecular flexibility index (Phi) is 3.25. The van der Waals surface area contributed by atoms with E-state index in [0.29, 0.717) is 0 Å². The molecule has 0 aliphatic rings. The molecule has 0 amide bonds. The maximum Gasteiger partial charge on any atom is 0.151 e. The van der Waals surface area contributed by atoms with Gasteiger partial charge in [0.05, 0.1) is 0 Å². The molecule has 2 rings (SSSR count). The topological polar surface area (TPSA) is 22.0 Å². The summed E-state index contributed by atoms with van der Waals surface area (Å²) < 4.78 is 2.21. The SMILES string of the molecule is Cc1cc(C=O)c(C)n1CCc1ccsc1. The molecule has 2 aromatic heterocycles. The highest BCUT2D eigenvalue weighted by molar-refractivity contribution is 7.07. The second kappa shape index (κ2) is 4.66. The highest BCUT2D eigenvalue weighted by Crippen LogP contribution is 2.15. The molecule has 0 aliphatic carbocycles. The summed E-state index contributed by atoms with van der Waals surface area (Å²) in [6.07, 6.45) is 1.96. The number of nitrogens with zero attached hydrogens (tertiary/aromatic N) is 1. The van der Waals surface area contributed by atoms with Crippen LogP contribution >= 0.6 is 11.3 Å². The number of rotatable bonds is 4. The van der Waals surface area contributed by atoms with E-state index < -0.39 is 0 Å². The van der Waals surface area contributed by atoms with Crippen molar-refractivity contribution in [3.05, 3.63) is 45.4 Å². The van der Waals surface area contributed by atoms with Crippen molar-refractivity contribution in [3.8, 4) is 0 Å². The normalized spacial score (nSPS) is 10.6. The Bertz CT molecular complexity index is 482. The lowest BCUT2D eigenvalue weighted by Crippen LogP contribution is -2.05. The number of aryl methyl sites for hydroxylation is 2. The van der Waals surface area contributed by atoms with E-state index in [1.54, 1.807) is 11.3 Å². The van der Waals surface area contributed by atoms with Crippen LogP contribution in [0.2, 0.25) is 0 Å². The molecule has 0 radical (unpaired) electrons. The van der Waals surface area contributed by atoms with E-state index in [-0.39, 0.29) is 0 Å². The van der Waals surface area contributed by atoms with Crippen LogP contribution in [0.15, 0.2) is 22.9 Å². The highest BCUT2D eigenvalue weighted by atomic mass is 32.1. The first-order chi connectivity index (χ1) is 7.72. The Labute approximate surface area is 99.5 Å². The Balaban J connectivity index is 2.15. The smallest absolute Gasteiger partial charge is 0.151 e. The van der Waals surface area contributed by atoms with Crippen molar-refractivity contribution >= 4 is 17.6 Å². The van der Waals surface area contributed by atoms with E-state index in [0.717, 1.165) is 36.2 Å². The molecule has 0 bridgehead atoms. The minimum absolute atomic E-state index is 0.808. The van der Waals surface area contributed by atoms with Crippen LogP contribution in [0.25, 0.3) is 0 Å². The van der Waals surface area contributed by atoms with Gasteiger partial charge in [-0.05, 0) is 48.7 Å². The average Bonchev–Trinajstić information content (AvgIpc) is 2.86. The summed E-state index contributed by atoms with van der Waals surface area (Å²) in [5, 5.41) is 4.27. The van der Waals surface area contributed by atoms with Crippen molar-refractivity contribution in [2.75, 3.05) is 0 Å². The first-order valence-corrected chi connectivity index (χ1v) is 6.29. The molecule has 0 N–H and O–H groups in total. The lowest BCUT2D eigenvalue weighted by atomic mass is 10.2. The molecule has 0 saturated heterocycles. The molecule has 2 aromatic rings. The van der Waals surface area contributed by atoms with Gasteiger partial charge in [0.2, 0.25) is 0 Å². The summed E-state index contributed by atoms with van der Waals surface area (Å²) in [6, 6.07) is 4.11. The van der Waals surface area contributed by atoms with Crippen molar-refractivity contribution in [1.29, 1.82) is 0 Å². The number of hydrogen-bond acceptors (Lipinski definition) is 2. The Morgan fingerprint density at radius 1 is 1.44 bits per heavy atom. The van der Waals surface area contributed by atoms with E-state index in [1.165, 1.54) is 5.56 Å². The van der Waals surface area contributed by atoms with Gasteiger partial charge in [-0.2, -0.15) is 11.3 Å². The fourth-order valence-corrected chi connectivity index (χ4v) is 2.67. The third-order valence-electron chi connectivity index (χ3n) is 2.94. The minimum Gasteiger partial charge on any atom is -0.348 e. The summed E-state index contributed by atoms with van der Waals surface area (Å²) in [7, 11) is 0. The van der Waals surface area contributed by atoms with E-state index in [1.807, 2.05) is 19.9 Å². The van der Waals surface area contributed by atoms with Crippen molar-refractivity contribution < 1.29 is 4.79 Å². The quantitative estimate of drug-likeness (QED) is 0.743. The molecule has 0 fully saturated rings. The second-order valence-corrected chi connectivity index (χ2v) is 4.76. The van der Waals surface area contributed by atoms with Crippen LogP contribution in [0.1, 0.15) is 27.3 Å². The predicted octanol–water partition coefficient (Wildman–Crippen LogP) is 3.22. The molecular weight excluding hydrogens is 218 g/mol. The van der Waals surface area contributed by atoms with Gasteiger partial charge in [-0.15, -0.1) is 0 Å². The number of thiophene rings is 1. The highest BCUT2D eigenvalue weighted by Gasteiger charge is 2.07. The van der Waals surface area contributed by atoms with Gasteiger partial charge in [-0.3, -0.25) is 4.79 Å². The second-order valence-electron chi connectivity index (χ2n) is 3.98. The first-order valence-electron chi connectivity index (χ1n) is 5.35. The largest absolute Gasteiger partial charge is 0.348 e. The summed E-state index contributed by atoms with van der Waals surface area (Å²) >= 11 is 1.73. The van der Waals surface area contributed by atoms with Gasteiger partial charge in [-0.25, -0.2) is 0 Å². The van der Waals surface area contributed by atoms with Gasteiger partial charge in [0.1, 0.15) is 0 Å². The third-order valence-corrected chi connectivity index (χ3v) is 3.68. The summed E-state index contributed by atoms with van der Waals surface area (Å²) in [6.45, 7) is 5.00. The van der Waals surface area contributed by atoms with Gasteiger partial charge in [0.15, 0.2) is 6.29 Å². The van der Waals surface area contributed by atoms with Crippen LogP contribution in [0.5, 0.6) is 0 Å². The van der Waals surface area contributed by atoms with Crippen LogP contribution in [0.3, 0.4) is 0 Å². The van der Waals surface area contributed by atoms with Gasteiger partial charge in [-0.1, -0.05) is 0 Å². The molecule has 16 heavy (non-hydrogen) atoms. The Morgan fingerprint density at radius 3 is 2.81 bits per heavy atom. The lowest BCUT2D eigenvalue weighted by molar-refractivity contribution is 0.112. The molecule has 84 valence electrons. The molecule has 0 saturated carbocycles. The van der Waals surface area contributed by atoms with Crippen molar-refractivity contribution in [1.82, 2.24) is 4.57 Å². The van der Waals surface area contributed by atoms with Gasteiger partial charge in [0, 0.05) is 23.5 Å². The van der Waals surface area contributed by atoms with Crippen molar-refractivity contribution in [2.45, 2.75) is 26.8 Å². The molecule has 0 unspecified atom stereocenters. The lowest BCUT2D eigenvalue weighted by Gasteiger charge is -2.08. The standard InChI is InChI=1S/C13H15NOS/c1-10-7-13(8-15)11(2)14(10)5-3-12-4-6-16-9-12/h4,6-9H,3,5H2,1-2H3. The molecule has 0 atom stereocenters. The van der Waals surface area contributed by atoms with Crippen LogP contribution in [-0.2, 0) is 13.0 Å². The molecule has 2 heterocycles. The Morgan fingerprint density at radius 2 is 2.25 bits per heavy atom. The average molecular weight is 233 g/mol. The van der Waals surface area contributed by atoms with Gasteiger partial charge < -0.3 is 4.57 Å². The van der Waals surface area contributed by atoms with E-state index in [4.69, 9.17) is 0 Å². The van der Waals surface area contributed by atoms with E-state index >= 15 is 0 Å². The zero-order chi connectivity index (χ0) is 11.5. The van der Waals surface area contributed by atoms with Crippen LogP contribution < -0.4 is 0 Å². The number of carbonyl (C=O) groups is 1. The third kappa shape index (κ3) is 2.09. The molecule has 0 spiro atoms. The molecule has 0 aromatic carbocycles. The molecular formula is C13H15NOS. The molecule has 3 heteroatoms. The number of aromatic nitrogens is 1. The zero-order valence-corrected chi connectivity index (χ0v) is 10.4. The maximum atomic E-state index is 10.8. The number of carbonyl (C=O) groups excluding carboxylic acids is 1. The minimum atomic E-state index is 0.808. The van der Waals surface area contributed by atoms with Gasteiger partial charge in [0.25, 0.3) is 0 Å². The Hall–Kier alpha value is -1.35. The van der Waals surface area contributed by atoms with Crippen molar-refractivity contribution in [3.63, 3.8) is 0 Å². The zero-order valence-electron chi connectivity index (χ0n) is 9.56. The van der Waals surface area contributed by atoms with Crippen molar-refractivity contribution in [2.24, 2.45) is 0 Å². The fraction of sp³-hybridized carbons (Fsp3) is 0.308. The van der Waals surface area contributed by atoms with Crippen LogP contribution in [-0.4, -0.2) is 10.9 Å². The van der Waals surface area contributed by atoms with E-state index in [2.05, 4.69) is 21.4 Å². The summed E-state index contributed by atoms with van der Waals surface area (Å²) in [5.41, 5.74) is 4.41. The van der Waals surface area contributed by atoms with Crippen LogP contribution in [0.4, 0.5) is 0 Å². The molecule has 0 aliphatic heterocycles. The first kappa shape index (κ1) is 11.1. The van der Waals surface area contributed by atoms with E-state index in [9.17, 15) is 4.79 Å². The number of aldehydes is 1.